The molecule has 1 N–H and O–H groups in total. The SMILES string of the molecule is CC=CC=[CH][Ru]([CH3])([CH3])([CH3])[c]1ccc[nH]1. The molecular formula is C12H20NRu. The van der Waals surface area contributed by atoms with Gasteiger partial charge in [0.15, 0.2) is 0 Å². The molecule has 0 aliphatic carbocycles. The molecule has 1 aromatic heterocycles. The van der Waals surface area contributed by atoms with Crippen LogP contribution in [0.1, 0.15) is 6.92 Å². The molecule has 14 heavy (non-hydrogen) atoms. The molecule has 0 amide bonds. The Morgan fingerprint density at radius 3 is 2.43 bits per heavy atom. The molecule has 0 saturated carbocycles. The Morgan fingerprint density at radius 2 is 1.93 bits per heavy atom. The fraction of sp³-hybridized carbons (Fsp3) is 0.333. The van der Waals surface area contributed by atoms with E-state index in [4.69, 9.17) is 0 Å². The molecular weight excluding hydrogens is 259 g/mol. The van der Waals surface area contributed by atoms with Gasteiger partial charge in [0.05, 0.1) is 0 Å². The van der Waals surface area contributed by atoms with Crippen LogP contribution in [-0.4, -0.2) is 4.98 Å². The number of H-pyrrole nitrogens is 1. The minimum atomic E-state index is -2.36. The fourth-order valence-electron chi connectivity index (χ4n) is 1.15. The molecule has 0 bridgehead atoms. The van der Waals surface area contributed by atoms with E-state index in [1.54, 1.807) is 0 Å². The molecule has 1 heterocycles. The van der Waals surface area contributed by atoms with Gasteiger partial charge in [-0.2, -0.15) is 0 Å². The molecule has 0 radical (unpaired) electrons. The van der Waals surface area contributed by atoms with Crippen LogP contribution in [0, 0.1) is 0 Å². The molecule has 0 unspecified atom stereocenters. The number of hydrogen-bond donors (Lipinski definition) is 1. The number of aromatic amines is 1. The van der Waals surface area contributed by atoms with Gasteiger partial charge in [0, 0.05) is 0 Å². The van der Waals surface area contributed by atoms with Gasteiger partial charge in [-0.05, 0) is 0 Å². The van der Waals surface area contributed by atoms with Gasteiger partial charge in [-0.15, -0.1) is 0 Å². The fourth-order valence-corrected chi connectivity index (χ4v) is 5.07. The molecule has 2 heteroatoms. The maximum absolute atomic E-state index is 3.35. The van der Waals surface area contributed by atoms with E-state index in [0.717, 1.165) is 0 Å². The third kappa shape index (κ3) is 2.68. The van der Waals surface area contributed by atoms with Crippen LogP contribution < -0.4 is 4.29 Å². The summed E-state index contributed by atoms with van der Waals surface area (Å²) in [6, 6.07) is 4.28. The molecule has 0 atom stereocenters. The molecule has 0 aromatic carbocycles. The second-order valence-electron chi connectivity index (χ2n) is 4.15. The zero-order chi connectivity index (χ0) is 10.7. The third-order valence-electron chi connectivity index (χ3n) is 2.02. The molecule has 1 aromatic rings. The van der Waals surface area contributed by atoms with Crippen molar-refractivity contribution in [1.29, 1.82) is 0 Å². The summed E-state index contributed by atoms with van der Waals surface area (Å²) >= 11 is -2.36. The van der Waals surface area contributed by atoms with Crippen LogP contribution in [0.5, 0.6) is 0 Å². The molecule has 81 valence electrons. The first-order chi connectivity index (χ1) is 6.44. The Bertz CT molecular complexity index is 336. The van der Waals surface area contributed by atoms with E-state index in [1.165, 1.54) is 4.29 Å². The van der Waals surface area contributed by atoms with Crippen molar-refractivity contribution in [3.63, 3.8) is 0 Å². The van der Waals surface area contributed by atoms with Crippen LogP contribution in [0.2, 0.25) is 16.6 Å². The summed E-state index contributed by atoms with van der Waals surface area (Å²) in [7, 11) is 0. The summed E-state index contributed by atoms with van der Waals surface area (Å²) in [5.74, 6) is 0. The van der Waals surface area contributed by atoms with E-state index >= 15 is 0 Å². The van der Waals surface area contributed by atoms with Crippen molar-refractivity contribution in [2.24, 2.45) is 0 Å². The number of hydrogen-bond acceptors (Lipinski definition) is 0. The molecule has 0 aliphatic heterocycles. The average Bonchev–Trinajstić information content (AvgIpc) is 2.55. The van der Waals surface area contributed by atoms with Crippen molar-refractivity contribution < 1.29 is 13.6 Å². The van der Waals surface area contributed by atoms with Gasteiger partial charge in [0.2, 0.25) is 0 Å². The molecule has 1 rings (SSSR count). The second-order valence-corrected chi connectivity index (χ2v) is 17.0. The summed E-state index contributed by atoms with van der Waals surface area (Å²) in [5.41, 5.74) is 7.18. The quantitative estimate of drug-likeness (QED) is 0.643. The van der Waals surface area contributed by atoms with E-state index < -0.39 is 13.6 Å². The summed E-state index contributed by atoms with van der Waals surface area (Å²) < 4.78 is 3.80. The van der Waals surface area contributed by atoms with Gasteiger partial charge < -0.3 is 0 Å². The van der Waals surface area contributed by atoms with Crippen LogP contribution in [0.15, 0.2) is 41.2 Å². The van der Waals surface area contributed by atoms with Crippen molar-refractivity contribution in [3.8, 4) is 0 Å². The monoisotopic (exact) mass is 280 g/mol. The Hall–Kier alpha value is -0.617. The first-order valence-corrected chi connectivity index (χ1v) is 11.6. The predicted octanol–water partition coefficient (Wildman–Crippen LogP) is 3.56. The van der Waals surface area contributed by atoms with Crippen LogP contribution in [0.25, 0.3) is 0 Å². The van der Waals surface area contributed by atoms with Gasteiger partial charge in [0.25, 0.3) is 0 Å². The number of rotatable bonds is 3. The van der Waals surface area contributed by atoms with Gasteiger partial charge in [-0.3, -0.25) is 0 Å². The van der Waals surface area contributed by atoms with Gasteiger partial charge in [-0.1, -0.05) is 0 Å². The maximum atomic E-state index is 3.35. The van der Waals surface area contributed by atoms with Crippen LogP contribution in [0.4, 0.5) is 0 Å². The third-order valence-corrected chi connectivity index (χ3v) is 8.27. The Morgan fingerprint density at radius 1 is 1.21 bits per heavy atom. The van der Waals surface area contributed by atoms with E-state index in [-0.39, 0.29) is 0 Å². The van der Waals surface area contributed by atoms with Gasteiger partial charge in [-0.25, -0.2) is 0 Å². The number of allylic oxidation sites excluding steroid dienone is 3. The van der Waals surface area contributed by atoms with Crippen molar-refractivity contribution in [2.45, 2.75) is 23.5 Å². The van der Waals surface area contributed by atoms with Crippen molar-refractivity contribution in [2.75, 3.05) is 0 Å². The Balaban J connectivity index is 3.01. The molecule has 1 nitrogen and oxygen atoms in total. The molecule has 0 aliphatic rings. The van der Waals surface area contributed by atoms with Crippen molar-refractivity contribution >= 4 is 4.29 Å². The van der Waals surface area contributed by atoms with Gasteiger partial charge >= 0.3 is 87.6 Å². The minimum absolute atomic E-state index is 1.41. The number of aromatic nitrogens is 1. The summed E-state index contributed by atoms with van der Waals surface area (Å²) in [6.07, 6.45) is 8.34. The van der Waals surface area contributed by atoms with Crippen LogP contribution in [-0.2, 0) is 13.6 Å². The second kappa shape index (κ2) is 3.86. The predicted molar refractivity (Wildman–Crippen MR) is 62.0 cm³/mol. The standard InChI is InChI=1S/C5H7.C4H4N.3CH3.Ru/c1-3-5-4-2;1-2-4-5-3-1;;;;/h1,3-5H,2H3;1-3,5H;3*1H3;. The molecule has 0 fully saturated rings. The Kier molecular flexibility index (Phi) is 3.16. The summed E-state index contributed by atoms with van der Waals surface area (Å²) in [4.78, 5) is 3.35. The first-order valence-electron chi connectivity index (χ1n) is 4.51. The summed E-state index contributed by atoms with van der Waals surface area (Å²) in [6.45, 7) is 2.04. The van der Waals surface area contributed by atoms with E-state index in [9.17, 15) is 0 Å². The average molecular weight is 279 g/mol. The van der Waals surface area contributed by atoms with Crippen molar-refractivity contribution in [1.82, 2.24) is 4.98 Å². The first kappa shape index (κ1) is 11.5. The zero-order valence-electron chi connectivity index (χ0n) is 9.40. The molecule has 0 spiro atoms. The van der Waals surface area contributed by atoms with Crippen molar-refractivity contribution in [3.05, 3.63) is 41.2 Å². The van der Waals surface area contributed by atoms with E-state index in [1.807, 2.05) is 13.1 Å². The summed E-state index contributed by atoms with van der Waals surface area (Å²) in [5, 5.41) is 0. The van der Waals surface area contributed by atoms with E-state index in [2.05, 4.69) is 56.6 Å². The van der Waals surface area contributed by atoms with Crippen LogP contribution >= 0.6 is 0 Å². The Labute approximate surface area is 87.7 Å². The zero-order valence-corrected chi connectivity index (χ0v) is 11.1. The van der Waals surface area contributed by atoms with Gasteiger partial charge in [0.1, 0.15) is 0 Å². The molecule has 0 saturated heterocycles. The number of nitrogens with one attached hydrogen (secondary N) is 1. The van der Waals surface area contributed by atoms with Crippen LogP contribution in [0.3, 0.4) is 0 Å². The van der Waals surface area contributed by atoms with E-state index in [0.29, 0.717) is 0 Å². The topological polar surface area (TPSA) is 15.8 Å². The normalized spacial score (nSPS) is 16.1.